The monoisotopic (exact) mass is 325 g/mol. The fourth-order valence-electron chi connectivity index (χ4n) is 3.49. The van der Waals surface area contributed by atoms with Crippen molar-refractivity contribution in [2.24, 2.45) is 5.92 Å². The van der Waals surface area contributed by atoms with E-state index >= 15 is 0 Å². The van der Waals surface area contributed by atoms with Crippen LogP contribution >= 0.6 is 0 Å². The van der Waals surface area contributed by atoms with Crippen LogP contribution in [0.3, 0.4) is 0 Å². The highest BCUT2D eigenvalue weighted by Gasteiger charge is 2.34. The summed E-state index contributed by atoms with van der Waals surface area (Å²) in [5.41, 5.74) is 1.89. The molecule has 0 bridgehead atoms. The van der Waals surface area contributed by atoms with Crippen LogP contribution in [0.25, 0.3) is 0 Å². The summed E-state index contributed by atoms with van der Waals surface area (Å²) < 4.78 is 0. The number of hydrogen-bond acceptors (Lipinski definition) is 3. The molecule has 0 unspecified atom stereocenters. The number of carbonyl (C=O) groups excluding carboxylic acids is 1. The van der Waals surface area contributed by atoms with E-state index in [1.807, 2.05) is 60.7 Å². The summed E-state index contributed by atoms with van der Waals surface area (Å²) in [5, 5.41) is 22.3. The molecule has 3 N–H and O–H groups in total. The highest BCUT2D eigenvalue weighted by atomic mass is 16.3. The van der Waals surface area contributed by atoms with Crippen LogP contribution in [-0.4, -0.2) is 34.9 Å². The lowest BCUT2D eigenvalue weighted by Gasteiger charge is -2.21. The zero-order valence-electron chi connectivity index (χ0n) is 13.5. The number of nitrogens with one attached hydrogen (secondary N) is 1. The Bertz CT molecular complexity index is 620. The lowest BCUT2D eigenvalue weighted by molar-refractivity contribution is -0.122. The number of aliphatic hydroxyl groups is 2. The van der Waals surface area contributed by atoms with Gasteiger partial charge in [0.1, 0.15) is 0 Å². The van der Waals surface area contributed by atoms with E-state index in [0.29, 0.717) is 12.8 Å². The average Bonchev–Trinajstić information content (AvgIpc) is 2.96. The lowest BCUT2D eigenvalue weighted by atomic mass is 9.90. The summed E-state index contributed by atoms with van der Waals surface area (Å²) in [5.74, 6) is -0.594. The summed E-state index contributed by atoms with van der Waals surface area (Å²) in [7, 11) is 0. The second kappa shape index (κ2) is 7.60. The molecule has 1 aliphatic carbocycles. The van der Waals surface area contributed by atoms with Gasteiger partial charge in [0, 0.05) is 18.6 Å². The Hall–Kier alpha value is -2.17. The highest BCUT2D eigenvalue weighted by Crippen LogP contribution is 2.29. The van der Waals surface area contributed by atoms with Gasteiger partial charge < -0.3 is 15.5 Å². The van der Waals surface area contributed by atoms with Gasteiger partial charge in [0.05, 0.1) is 12.0 Å². The van der Waals surface area contributed by atoms with Crippen molar-refractivity contribution >= 4 is 5.91 Å². The van der Waals surface area contributed by atoms with Gasteiger partial charge in [0.2, 0.25) is 5.91 Å². The SMILES string of the molecule is O=C(N[C@@H]1C[C@@H](CO)[C@H](O)C1)C(c1ccccc1)c1ccccc1. The maximum atomic E-state index is 12.9. The largest absolute Gasteiger partial charge is 0.396 e. The number of hydrogen-bond donors (Lipinski definition) is 3. The van der Waals surface area contributed by atoms with Crippen molar-refractivity contribution in [2.75, 3.05) is 6.61 Å². The first kappa shape index (κ1) is 16.7. The Kier molecular flexibility index (Phi) is 5.28. The maximum Gasteiger partial charge on any atom is 0.232 e. The van der Waals surface area contributed by atoms with E-state index in [1.165, 1.54) is 0 Å². The van der Waals surface area contributed by atoms with Crippen LogP contribution in [0.15, 0.2) is 60.7 Å². The molecule has 1 fully saturated rings. The smallest absolute Gasteiger partial charge is 0.232 e. The van der Waals surface area contributed by atoms with E-state index in [4.69, 9.17) is 0 Å². The average molecular weight is 325 g/mol. The Morgan fingerprint density at radius 3 is 2.00 bits per heavy atom. The van der Waals surface area contributed by atoms with Gasteiger partial charge in [-0.2, -0.15) is 0 Å². The predicted octanol–water partition coefficient (Wildman–Crippen LogP) is 2.07. The topological polar surface area (TPSA) is 69.6 Å². The predicted molar refractivity (Wildman–Crippen MR) is 92.5 cm³/mol. The molecule has 0 saturated heterocycles. The van der Waals surface area contributed by atoms with Gasteiger partial charge in [-0.05, 0) is 24.0 Å². The van der Waals surface area contributed by atoms with Gasteiger partial charge in [-0.15, -0.1) is 0 Å². The minimum Gasteiger partial charge on any atom is -0.396 e. The molecule has 2 aromatic carbocycles. The van der Waals surface area contributed by atoms with E-state index in [0.717, 1.165) is 11.1 Å². The zero-order chi connectivity index (χ0) is 16.9. The van der Waals surface area contributed by atoms with Crippen LogP contribution in [0.2, 0.25) is 0 Å². The van der Waals surface area contributed by atoms with Gasteiger partial charge >= 0.3 is 0 Å². The van der Waals surface area contributed by atoms with Crippen molar-refractivity contribution < 1.29 is 15.0 Å². The molecule has 4 nitrogen and oxygen atoms in total. The quantitative estimate of drug-likeness (QED) is 0.788. The van der Waals surface area contributed by atoms with Crippen LogP contribution in [-0.2, 0) is 4.79 Å². The highest BCUT2D eigenvalue weighted by molar-refractivity contribution is 5.87. The molecule has 1 saturated carbocycles. The first-order chi connectivity index (χ1) is 11.7. The molecule has 24 heavy (non-hydrogen) atoms. The third kappa shape index (κ3) is 3.66. The molecule has 0 aromatic heterocycles. The molecule has 126 valence electrons. The summed E-state index contributed by atoms with van der Waals surface area (Å²) in [6.45, 7) is -0.0473. The standard InChI is InChI=1S/C20H23NO3/c22-13-16-11-17(12-18(16)23)21-20(24)19(14-7-3-1-4-8-14)15-9-5-2-6-10-15/h1-10,16-19,22-23H,11-13H2,(H,21,24)/t16-,17+,18+/m0/s1. The van der Waals surface area contributed by atoms with Crippen molar-refractivity contribution in [3.05, 3.63) is 71.8 Å². The molecule has 3 rings (SSSR count). The fraction of sp³-hybridized carbons (Fsp3) is 0.350. The van der Waals surface area contributed by atoms with Gasteiger partial charge in [-0.25, -0.2) is 0 Å². The molecule has 0 aliphatic heterocycles. The minimum absolute atomic E-state index is 0.0473. The van der Waals surface area contributed by atoms with Crippen LogP contribution in [0.5, 0.6) is 0 Å². The summed E-state index contributed by atoms with van der Waals surface area (Å²) in [4.78, 5) is 12.9. The first-order valence-electron chi connectivity index (χ1n) is 8.38. The normalized spacial score (nSPS) is 23.4. The third-order valence-electron chi connectivity index (χ3n) is 4.77. The minimum atomic E-state index is -0.549. The first-order valence-corrected chi connectivity index (χ1v) is 8.38. The molecular weight excluding hydrogens is 302 g/mol. The Morgan fingerprint density at radius 2 is 1.54 bits per heavy atom. The van der Waals surface area contributed by atoms with Crippen molar-refractivity contribution in [1.82, 2.24) is 5.32 Å². The molecule has 1 amide bonds. The van der Waals surface area contributed by atoms with Crippen LogP contribution < -0.4 is 5.32 Å². The molecule has 0 radical (unpaired) electrons. The summed E-state index contributed by atoms with van der Waals surface area (Å²) >= 11 is 0. The van der Waals surface area contributed by atoms with Crippen molar-refractivity contribution in [3.63, 3.8) is 0 Å². The third-order valence-corrected chi connectivity index (χ3v) is 4.77. The van der Waals surface area contributed by atoms with Gasteiger partial charge in [-0.3, -0.25) is 4.79 Å². The van der Waals surface area contributed by atoms with Crippen molar-refractivity contribution in [3.8, 4) is 0 Å². The number of rotatable bonds is 5. The summed E-state index contributed by atoms with van der Waals surface area (Å²) in [6, 6.07) is 19.3. The number of aliphatic hydroxyl groups excluding tert-OH is 2. The van der Waals surface area contributed by atoms with E-state index < -0.39 is 6.10 Å². The molecular formula is C20H23NO3. The van der Waals surface area contributed by atoms with E-state index in [1.54, 1.807) is 0 Å². The maximum absolute atomic E-state index is 12.9. The van der Waals surface area contributed by atoms with Crippen LogP contribution in [0.4, 0.5) is 0 Å². The number of amides is 1. The van der Waals surface area contributed by atoms with Crippen molar-refractivity contribution in [1.29, 1.82) is 0 Å². The second-order valence-electron chi connectivity index (χ2n) is 6.44. The molecule has 0 heterocycles. The molecule has 4 heteroatoms. The van der Waals surface area contributed by atoms with Crippen molar-refractivity contribution in [2.45, 2.75) is 30.9 Å². The Balaban J connectivity index is 1.80. The van der Waals surface area contributed by atoms with Gasteiger partial charge in [0.25, 0.3) is 0 Å². The number of benzene rings is 2. The molecule has 0 spiro atoms. The van der Waals surface area contributed by atoms with E-state index in [9.17, 15) is 15.0 Å². The lowest BCUT2D eigenvalue weighted by Crippen LogP contribution is -2.37. The second-order valence-corrected chi connectivity index (χ2v) is 6.44. The Morgan fingerprint density at radius 1 is 1.00 bits per heavy atom. The molecule has 1 aliphatic rings. The summed E-state index contributed by atoms with van der Waals surface area (Å²) in [6.07, 6.45) is 0.555. The Labute approximate surface area is 142 Å². The van der Waals surface area contributed by atoms with Gasteiger partial charge in [-0.1, -0.05) is 60.7 Å². The van der Waals surface area contributed by atoms with E-state index in [2.05, 4.69) is 5.32 Å². The van der Waals surface area contributed by atoms with Gasteiger partial charge in [0.15, 0.2) is 0 Å². The van der Waals surface area contributed by atoms with Crippen LogP contribution in [0, 0.1) is 5.92 Å². The molecule has 2 aromatic rings. The molecule has 3 atom stereocenters. The van der Waals surface area contributed by atoms with E-state index in [-0.39, 0.29) is 30.4 Å². The fourth-order valence-corrected chi connectivity index (χ4v) is 3.49. The van der Waals surface area contributed by atoms with Crippen LogP contribution in [0.1, 0.15) is 29.9 Å². The number of carbonyl (C=O) groups is 1. The zero-order valence-corrected chi connectivity index (χ0v) is 13.5.